The first-order valence-electron chi connectivity index (χ1n) is 19.6. The van der Waals surface area contributed by atoms with Crippen molar-refractivity contribution in [1.82, 2.24) is 19.1 Å². The van der Waals surface area contributed by atoms with Gasteiger partial charge in [0.1, 0.15) is 5.82 Å². The lowest BCUT2D eigenvalue weighted by atomic mass is 9.91. The SMILES string of the molecule is C1=CC2c3ccc4c5ccccc5n(-c5ccccc5)c4c3N(c3cccc(-c4cccc(-c5cccc(-n6c7ccccc7c7ccccc76)n5)n4)c3)C2C=C1. The average Bonchev–Trinajstić information content (AvgIpc) is 3.93. The van der Waals surface area contributed by atoms with Gasteiger partial charge in [-0.1, -0.05) is 133 Å². The van der Waals surface area contributed by atoms with Gasteiger partial charge in [0.2, 0.25) is 0 Å². The lowest BCUT2D eigenvalue weighted by molar-refractivity contribution is 0.745. The van der Waals surface area contributed by atoms with Crippen LogP contribution in [0.4, 0.5) is 11.4 Å². The zero-order valence-electron chi connectivity index (χ0n) is 30.9. The average molecular weight is 730 g/mol. The number of pyridine rings is 2. The van der Waals surface area contributed by atoms with Crippen molar-refractivity contribution in [1.29, 1.82) is 0 Å². The third kappa shape index (κ3) is 4.82. The molecule has 2 unspecified atom stereocenters. The molecule has 6 aromatic carbocycles. The summed E-state index contributed by atoms with van der Waals surface area (Å²) in [5.74, 6) is 1.10. The van der Waals surface area contributed by atoms with Crippen LogP contribution in [0.2, 0.25) is 0 Å². The first-order chi connectivity index (χ1) is 28.3. The van der Waals surface area contributed by atoms with Crippen LogP contribution < -0.4 is 4.90 Å². The topological polar surface area (TPSA) is 38.9 Å². The van der Waals surface area contributed by atoms with Crippen LogP contribution in [-0.4, -0.2) is 25.1 Å². The molecule has 0 spiro atoms. The van der Waals surface area contributed by atoms with Crippen LogP contribution in [0.1, 0.15) is 11.5 Å². The summed E-state index contributed by atoms with van der Waals surface area (Å²) in [5.41, 5.74) is 13.2. The maximum Gasteiger partial charge on any atom is 0.138 e. The first-order valence-corrected chi connectivity index (χ1v) is 19.6. The molecule has 2 atom stereocenters. The molecule has 5 heterocycles. The Kier molecular flexibility index (Phi) is 6.99. The summed E-state index contributed by atoms with van der Waals surface area (Å²) in [6.07, 6.45) is 9.11. The fraction of sp³-hybridized carbons (Fsp3) is 0.0385. The van der Waals surface area contributed by atoms with Crippen LogP contribution in [0.3, 0.4) is 0 Å². The number of fused-ring (bicyclic) bond motifs is 10. The zero-order chi connectivity index (χ0) is 37.5. The summed E-state index contributed by atoms with van der Waals surface area (Å²) in [4.78, 5) is 13.1. The van der Waals surface area contributed by atoms with Crippen molar-refractivity contribution in [2.24, 2.45) is 0 Å². The molecule has 12 rings (SSSR count). The Bertz CT molecular complexity index is 3220. The van der Waals surface area contributed by atoms with Gasteiger partial charge in [-0.05, 0) is 72.3 Å². The van der Waals surface area contributed by atoms with Gasteiger partial charge in [0, 0.05) is 44.4 Å². The second-order valence-electron chi connectivity index (χ2n) is 15.0. The summed E-state index contributed by atoms with van der Waals surface area (Å²) in [7, 11) is 0. The highest BCUT2D eigenvalue weighted by Gasteiger charge is 2.40. The Balaban J connectivity index is 0.991. The quantitative estimate of drug-likeness (QED) is 0.177. The smallest absolute Gasteiger partial charge is 0.138 e. The fourth-order valence-electron chi connectivity index (χ4n) is 9.42. The van der Waals surface area contributed by atoms with Gasteiger partial charge < -0.3 is 9.47 Å². The van der Waals surface area contributed by atoms with E-state index in [9.17, 15) is 0 Å². The van der Waals surface area contributed by atoms with Gasteiger partial charge in [-0.25, -0.2) is 9.97 Å². The largest absolute Gasteiger partial charge is 0.332 e. The summed E-state index contributed by atoms with van der Waals surface area (Å²) < 4.78 is 4.71. The number of allylic oxidation sites excluding steroid dienone is 2. The molecule has 2 aliphatic rings. The van der Waals surface area contributed by atoms with Gasteiger partial charge in [0.25, 0.3) is 0 Å². The minimum atomic E-state index is 0.139. The summed E-state index contributed by atoms with van der Waals surface area (Å²) in [5, 5.41) is 4.94. The highest BCUT2D eigenvalue weighted by molar-refractivity contribution is 6.15. The van der Waals surface area contributed by atoms with Crippen LogP contribution in [0.5, 0.6) is 0 Å². The number of benzene rings is 6. The molecule has 0 amide bonds. The highest BCUT2D eigenvalue weighted by atomic mass is 15.2. The molecule has 1 aliphatic carbocycles. The molecule has 1 aliphatic heterocycles. The first kappa shape index (κ1) is 31.8. The molecule has 5 nitrogen and oxygen atoms in total. The van der Waals surface area contributed by atoms with Crippen molar-refractivity contribution in [2.75, 3.05) is 4.90 Å². The van der Waals surface area contributed by atoms with Crippen LogP contribution in [0, 0.1) is 0 Å². The predicted molar refractivity (Wildman–Crippen MR) is 235 cm³/mol. The standard InChI is InChI=1S/C52H35N5/c1-2-16-35(17-3-1)55-46-26-8-6-21-39(46)41-31-32-42-40-22-7-9-27-47(40)56(52(42)51(41)55)36-18-12-15-34(33-36)43-23-13-24-44(53-43)45-25-14-30-50(54-45)57-48-28-10-4-19-37(48)38-20-5-11-29-49(38)57/h1-33,40,47H. The van der Waals surface area contributed by atoms with Gasteiger partial charge in [0.05, 0.1) is 50.9 Å². The van der Waals surface area contributed by atoms with Crippen LogP contribution in [0.15, 0.2) is 200 Å². The van der Waals surface area contributed by atoms with Crippen molar-refractivity contribution in [2.45, 2.75) is 12.0 Å². The van der Waals surface area contributed by atoms with Crippen LogP contribution in [-0.2, 0) is 0 Å². The highest BCUT2D eigenvalue weighted by Crippen LogP contribution is 2.53. The van der Waals surface area contributed by atoms with E-state index in [2.05, 4.69) is 214 Å². The predicted octanol–water partition coefficient (Wildman–Crippen LogP) is 12.7. The molecule has 57 heavy (non-hydrogen) atoms. The molecular formula is C52H35N5. The maximum atomic E-state index is 5.27. The van der Waals surface area contributed by atoms with Gasteiger partial charge in [-0.2, -0.15) is 0 Å². The second-order valence-corrected chi connectivity index (χ2v) is 15.0. The van der Waals surface area contributed by atoms with E-state index < -0.39 is 0 Å². The molecule has 0 bridgehead atoms. The molecule has 268 valence electrons. The van der Waals surface area contributed by atoms with Crippen LogP contribution in [0.25, 0.3) is 77.8 Å². The fourth-order valence-corrected chi connectivity index (χ4v) is 9.42. The van der Waals surface area contributed by atoms with E-state index >= 15 is 0 Å². The Morgan fingerprint density at radius 1 is 0.421 bits per heavy atom. The number of hydrogen-bond donors (Lipinski definition) is 0. The van der Waals surface area contributed by atoms with E-state index in [1.165, 1.54) is 43.8 Å². The van der Waals surface area contributed by atoms with Crippen molar-refractivity contribution in [3.8, 4) is 34.2 Å². The molecule has 4 aromatic heterocycles. The number of rotatable bonds is 5. The van der Waals surface area contributed by atoms with E-state index in [1.807, 2.05) is 0 Å². The van der Waals surface area contributed by atoms with E-state index in [0.29, 0.717) is 0 Å². The maximum absolute atomic E-state index is 5.27. The third-order valence-corrected chi connectivity index (χ3v) is 11.8. The summed E-state index contributed by atoms with van der Waals surface area (Å²) in [6.45, 7) is 0. The Morgan fingerprint density at radius 3 is 1.79 bits per heavy atom. The third-order valence-electron chi connectivity index (χ3n) is 11.8. The molecule has 10 aromatic rings. The normalized spacial score (nSPS) is 15.9. The lowest BCUT2D eigenvalue weighted by Gasteiger charge is -2.29. The number of anilines is 2. The molecular weight excluding hydrogens is 695 g/mol. The van der Waals surface area contributed by atoms with Crippen molar-refractivity contribution >= 4 is 55.0 Å². The molecule has 0 N–H and O–H groups in total. The Hall–Kier alpha value is -7.50. The Labute approximate surface area is 329 Å². The van der Waals surface area contributed by atoms with Gasteiger partial charge in [-0.3, -0.25) is 4.57 Å². The van der Waals surface area contributed by atoms with Gasteiger partial charge >= 0.3 is 0 Å². The molecule has 5 heteroatoms. The van der Waals surface area contributed by atoms with E-state index in [-0.39, 0.29) is 12.0 Å². The van der Waals surface area contributed by atoms with Crippen molar-refractivity contribution in [3.05, 3.63) is 206 Å². The van der Waals surface area contributed by atoms with Gasteiger partial charge in [-0.15, -0.1) is 0 Å². The number of para-hydroxylation sites is 4. The monoisotopic (exact) mass is 729 g/mol. The minimum absolute atomic E-state index is 0.139. The van der Waals surface area contributed by atoms with E-state index in [1.54, 1.807) is 0 Å². The zero-order valence-corrected chi connectivity index (χ0v) is 30.9. The molecule has 0 fully saturated rings. The molecule has 0 saturated carbocycles. The van der Waals surface area contributed by atoms with Crippen molar-refractivity contribution in [3.63, 3.8) is 0 Å². The molecule has 0 saturated heterocycles. The van der Waals surface area contributed by atoms with Crippen LogP contribution >= 0.6 is 0 Å². The number of aromatic nitrogens is 4. The van der Waals surface area contributed by atoms with E-state index in [0.717, 1.165) is 50.9 Å². The summed E-state index contributed by atoms with van der Waals surface area (Å²) >= 11 is 0. The number of hydrogen-bond acceptors (Lipinski definition) is 3. The Morgan fingerprint density at radius 2 is 1.02 bits per heavy atom. The van der Waals surface area contributed by atoms with Crippen molar-refractivity contribution < 1.29 is 0 Å². The number of nitrogens with zero attached hydrogens (tertiary/aromatic N) is 5. The minimum Gasteiger partial charge on any atom is -0.332 e. The van der Waals surface area contributed by atoms with Gasteiger partial charge in [0.15, 0.2) is 0 Å². The molecule has 0 radical (unpaired) electrons. The van der Waals surface area contributed by atoms with E-state index in [4.69, 9.17) is 9.97 Å². The lowest BCUT2D eigenvalue weighted by Crippen LogP contribution is -2.28. The second kappa shape index (κ2) is 12.5. The summed E-state index contributed by atoms with van der Waals surface area (Å²) in [6, 6.07) is 62.9.